The van der Waals surface area contributed by atoms with Crippen LogP contribution in [-0.4, -0.2) is 52.4 Å². The average molecular weight is 306 g/mol. The molecule has 0 aliphatic heterocycles. The van der Waals surface area contributed by atoms with E-state index < -0.39 is 30.9 Å². The van der Waals surface area contributed by atoms with E-state index in [-0.39, 0.29) is 19.0 Å². The van der Waals surface area contributed by atoms with Crippen molar-refractivity contribution in [2.24, 2.45) is 11.5 Å². The number of hydrogen-bond donors (Lipinski definition) is 3. The molecule has 20 heavy (non-hydrogen) atoms. The first-order valence-electron chi connectivity index (χ1n) is 6.01. The zero-order chi connectivity index (χ0) is 16.1. The molecule has 5 N–H and O–H groups in total. The van der Waals surface area contributed by atoms with Crippen molar-refractivity contribution in [1.82, 2.24) is 4.90 Å². The van der Waals surface area contributed by atoms with Crippen molar-refractivity contribution in [3.8, 4) is 0 Å². The van der Waals surface area contributed by atoms with Crippen molar-refractivity contribution in [2.45, 2.75) is 38.4 Å². The number of nitrogens with two attached hydrogens (primary N) is 2. The molecule has 1 radical (unpaired) electrons. The molecule has 0 rings (SSSR count). The fourth-order valence-corrected chi connectivity index (χ4v) is 2.21. The van der Waals surface area contributed by atoms with Gasteiger partial charge in [-0.2, -0.15) is 0 Å². The van der Waals surface area contributed by atoms with Crippen LogP contribution in [0.25, 0.3) is 0 Å². The van der Waals surface area contributed by atoms with Crippen LogP contribution in [0.4, 0.5) is 0 Å². The lowest BCUT2D eigenvalue weighted by molar-refractivity contribution is -0.149. The van der Waals surface area contributed by atoms with Gasteiger partial charge in [0.05, 0.1) is 0 Å². The van der Waals surface area contributed by atoms with Gasteiger partial charge in [-0.25, -0.2) is 0 Å². The molecular formula is C11H21N3O5P. The normalized spacial score (nSPS) is 16.1. The van der Waals surface area contributed by atoms with Crippen LogP contribution in [0, 0.1) is 0 Å². The Morgan fingerprint density at radius 1 is 1.45 bits per heavy atom. The summed E-state index contributed by atoms with van der Waals surface area (Å²) in [6, 6.07) is -1.12. The molecule has 2 atom stereocenters. The van der Waals surface area contributed by atoms with Gasteiger partial charge in [0.1, 0.15) is 11.7 Å². The van der Waals surface area contributed by atoms with Gasteiger partial charge in [-0.3, -0.25) is 23.8 Å². The van der Waals surface area contributed by atoms with Gasteiger partial charge in [-0.15, -0.1) is 0 Å². The van der Waals surface area contributed by atoms with Gasteiger partial charge in [0.25, 0.3) is 5.91 Å². The Morgan fingerprint density at radius 2 is 1.95 bits per heavy atom. The first-order chi connectivity index (χ1) is 8.90. The van der Waals surface area contributed by atoms with E-state index in [0.29, 0.717) is 4.90 Å². The minimum atomic E-state index is -3.22. The van der Waals surface area contributed by atoms with Crippen LogP contribution in [0.15, 0.2) is 0 Å². The van der Waals surface area contributed by atoms with E-state index in [9.17, 15) is 18.9 Å². The zero-order valence-electron chi connectivity index (χ0n) is 11.8. The number of carbonyl (C=O) groups is 2. The maximum Gasteiger partial charge on any atom is 0.264 e. The SMILES string of the molecule is C[C@@H]([C]=O)N(C(=O)CCCP(C)(=O)O)C(=O)C(C)(N)N. The molecule has 0 aliphatic carbocycles. The fourth-order valence-electron chi connectivity index (χ4n) is 1.46. The predicted octanol–water partition coefficient (Wildman–Crippen LogP) is -0.846. The zero-order valence-corrected chi connectivity index (χ0v) is 12.7. The second-order valence-electron chi connectivity index (χ2n) is 5.02. The Morgan fingerprint density at radius 3 is 2.30 bits per heavy atom. The van der Waals surface area contributed by atoms with Crippen LogP contribution in [0.5, 0.6) is 0 Å². The quantitative estimate of drug-likeness (QED) is 0.410. The lowest BCUT2D eigenvalue weighted by Gasteiger charge is -2.29. The highest BCUT2D eigenvalue weighted by atomic mass is 31.2. The first kappa shape index (κ1) is 18.9. The van der Waals surface area contributed by atoms with Crippen molar-refractivity contribution >= 4 is 25.5 Å². The van der Waals surface area contributed by atoms with E-state index in [1.54, 1.807) is 0 Å². The molecule has 0 spiro atoms. The smallest absolute Gasteiger partial charge is 0.264 e. The first-order valence-corrected chi connectivity index (χ1v) is 8.30. The Bertz CT molecular complexity index is 426. The third-order valence-corrected chi connectivity index (χ3v) is 3.62. The highest BCUT2D eigenvalue weighted by Gasteiger charge is 2.35. The summed E-state index contributed by atoms with van der Waals surface area (Å²) in [5.74, 6) is -1.58. The Balaban J connectivity index is 4.89. The van der Waals surface area contributed by atoms with E-state index in [1.807, 2.05) is 0 Å². The minimum Gasteiger partial charge on any atom is -0.344 e. The monoisotopic (exact) mass is 306 g/mol. The summed E-state index contributed by atoms with van der Waals surface area (Å²) < 4.78 is 11.1. The van der Waals surface area contributed by atoms with Crippen molar-refractivity contribution < 1.29 is 23.8 Å². The molecule has 0 saturated carbocycles. The van der Waals surface area contributed by atoms with Crippen LogP contribution in [0.1, 0.15) is 26.7 Å². The van der Waals surface area contributed by atoms with Gasteiger partial charge in [0.15, 0.2) is 7.37 Å². The van der Waals surface area contributed by atoms with Crippen LogP contribution < -0.4 is 11.5 Å². The van der Waals surface area contributed by atoms with Crippen molar-refractivity contribution in [3.05, 3.63) is 0 Å². The Hall–Kier alpha value is -1.08. The van der Waals surface area contributed by atoms with E-state index in [0.717, 1.165) is 0 Å². The maximum absolute atomic E-state index is 12.0. The molecule has 8 nitrogen and oxygen atoms in total. The summed E-state index contributed by atoms with van der Waals surface area (Å²) in [6.07, 6.45) is 1.43. The van der Waals surface area contributed by atoms with E-state index in [2.05, 4.69) is 0 Å². The van der Waals surface area contributed by atoms with Gasteiger partial charge < -0.3 is 16.4 Å². The highest BCUT2D eigenvalue weighted by molar-refractivity contribution is 7.57. The van der Waals surface area contributed by atoms with E-state index >= 15 is 0 Å². The number of hydrogen-bond acceptors (Lipinski definition) is 6. The van der Waals surface area contributed by atoms with E-state index in [1.165, 1.54) is 26.8 Å². The predicted molar refractivity (Wildman–Crippen MR) is 73.6 cm³/mol. The van der Waals surface area contributed by atoms with Gasteiger partial charge in [0.2, 0.25) is 12.2 Å². The maximum atomic E-state index is 12.0. The van der Waals surface area contributed by atoms with Gasteiger partial charge in [-0.1, -0.05) is 0 Å². The molecule has 2 amide bonds. The lowest BCUT2D eigenvalue weighted by Crippen LogP contribution is -2.62. The molecule has 0 saturated heterocycles. The number of amides is 2. The van der Waals surface area contributed by atoms with Crippen molar-refractivity contribution in [3.63, 3.8) is 0 Å². The second kappa shape index (κ2) is 7.08. The summed E-state index contributed by atoms with van der Waals surface area (Å²) in [6.45, 7) is 3.70. The van der Waals surface area contributed by atoms with Crippen molar-refractivity contribution in [1.29, 1.82) is 0 Å². The topological polar surface area (TPSA) is 144 Å². The van der Waals surface area contributed by atoms with Crippen LogP contribution >= 0.6 is 7.37 Å². The molecule has 0 aromatic heterocycles. The average Bonchev–Trinajstić information content (AvgIpc) is 2.25. The van der Waals surface area contributed by atoms with Gasteiger partial charge >= 0.3 is 0 Å². The van der Waals surface area contributed by atoms with Gasteiger partial charge in [-0.05, 0) is 20.3 Å². The molecule has 115 valence electrons. The number of imide groups is 1. The third kappa shape index (κ3) is 6.38. The summed E-state index contributed by atoms with van der Waals surface area (Å²) in [5.41, 5.74) is 9.06. The summed E-state index contributed by atoms with van der Waals surface area (Å²) >= 11 is 0. The van der Waals surface area contributed by atoms with Crippen LogP contribution in [-0.2, 0) is 18.9 Å². The Labute approximate surface area is 117 Å². The number of carbonyl (C=O) groups excluding carboxylic acids is 3. The van der Waals surface area contributed by atoms with Crippen LogP contribution in [0.3, 0.4) is 0 Å². The number of nitrogens with zero attached hydrogens (tertiary/aromatic N) is 1. The molecule has 0 fully saturated rings. The van der Waals surface area contributed by atoms with Crippen LogP contribution in [0.2, 0.25) is 0 Å². The van der Waals surface area contributed by atoms with E-state index in [4.69, 9.17) is 16.4 Å². The molecule has 9 heteroatoms. The largest absolute Gasteiger partial charge is 0.344 e. The standard InChI is InChI=1S/C11H21N3O5P/c1-8(7-15)14(10(17)11(2,12)13)9(16)5-4-6-20(3,18)19/h8H,4-6,12-13H2,1-3H3,(H,18,19)/t8-/m0/s1. The summed E-state index contributed by atoms with van der Waals surface area (Å²) in [5, 5.41) is 0. The molecule has 0 bridgehead atoms. The third-order valence-electron chi connectivity index (χ3n) is 2.47. The summed E-state index contributed by atoms with van der Waals surface area (Å²) in [4.78, 5) is 44.3. The van der Waals surface area contributed by atoms with Crippen molar-refractivity contribution in [2.75, 3.05) is 12.8 Å². The molecule has 0 aromatic rings. The van der Waals surface area contributed by atoms with Gasteiger partial charge in [0, 0.05) is 19.2 Å². The molecule has 0 aromatic carbocycles. The molecular weight excluding hydrogens is 285 g/mol. The molecule has 1 unspecified atom stereocenters. The highest BCUT2D eigenvalue weighted by Crippen LogP contribution is 2.36. The second-order valence-corrected chi connectivity index (χ2v) is 7.57. The molecule has 0 aliphatic rings. The lowest BCUT2D eigenvalue weighted by atomic mass is 10.1. The summed E-state index contributed by atoms with van der Waals surface area (Å²) in [7, 11) is -3.22. The minimum absolute atomic E-state index is 0.0531. The number of rotatable bonds is 7. The molecule has 0 heterocycles. The fraction of sp³-hybridized carbons (Fsp3) is 0.727. The Kier molecular flexibility index (Phi) is 6.70.